The summed E-state index contributed by atoms with van der Waals surface area (Å²) >= 11 is 0. The highest BCUT2D eigenvalue weighted by Gasteiger charge is 2.10. The highest BCUT2D eigenvalue weighted by molar-refractivity contribution is 5.44. The van der Waals surface area contributed by atoms with Crippen LogP contribution in [0.15, 0.2) is 30.9 Å². The van der Waals surface area contributed by atoms with Crippen molar-refractivity contribution in [3.05, 3.63) is 30.9 Å². The van der Waals surface area contributed by atoms with Gasteiger partial charge in [0.1, 0.15) is 6.54 Å². The highest BCUT2D eigenvalue weighted by atomic mass is 15.3. The van der Waals surface area contributed by atoms with E-state index >= 15 is 0 Å². The van der Waals surface area contributed by atoms with Gasteiger partial charge in [0, 0.05) is 11.5 Å². The fraction of sp³-hybridized carbons (Fsp3) is 0.455. The number of rotatable bonds is 4. The van der Waals surface area contributed by atoms with E-state index in [1.807, 2.05) is 11.0 Å². The molecule has 3 nitrogen and oxygen atoms in total. The molecular formula is C11H16N3+. The molecule has 0 N–H and O–H groups in total. The molecule has 14 heavy (non-hydrogen) atoms. The van der Waals surface area contributed by atoms with Gasteiger partial charge in [0.2, 0.25) is 6.33 Å². The van der Waals surface area contributed by atoms with Crippen molar-refractivity contribution in [3.8, 4) is 0 Å². The molecule has 1 aromatic rings. The Balaban J connectivity index is 2.02. The van der Waals surface area contributed by atoms with Gasteiger partial charge in [-0.05, 0) is 12.5 Å². The van der Waals surface area contributed by atoms with E-state index in [1.54, 1.807) is 0 Å². The first-order valence-electron chi connectivity index (χ1n) is 5.20. The first kappa shape index (κ1) is 9.19. The van der Waals surface area contributed by atoms with Gasteiger partial charge in [-0.1, -0.05) is 25.5 Å². The highest BCUT2D eigenvalue weighted by Crippen LogP contribution is 2.08. The normalized spacial score (nSPS) is 14.8. The third kappa shape index (κ3) is 1.92. The molecule has 1 aliphatic carbocycles. The van der Waals surface area contributed by atoms with Crippen molar-refractivity contribution in [2.24, 2.45) is 0 Å². The molecule has 0 radical (unpaired) electrons. The van der Waals surface area contributed by atoms with Gasteiger partial charge in [-0.2, -0.15) is 0 Å². The maximum Gasteiger partial charge on any atom is 0.269 e. The Morgan fingerprint density at radius 1 is 1.57 bits per heavy atom. The lowest BCUT2D eigenvalue weighted by Crippen LogP contribution is -2.28. The molecule has 1 aliphatic rings. The average molecular weight is 190 g/mol. The molecule has 0 spiro atoms. The summed E-state index contributed by atoms with van der Waals surface area (Å²) in [6.45, 7) is 3.21. The van der Waals surface area contributed by atoms with E-state index in [0.717, 1.165) is 13.0 Å². The fourth-order valence-corrected chi connectivity index (χ4v) is 1.54. The summed E-state index contributed by atoms with van der Waals surface area (Å²) < 4.78 is 4.10. The summed E-state index contributed by atoms with van der Waals surface area (Å²) in [5, 5.41) is 4.31. The Kier molecular flexibility index (Phi) is 2.77. The van der Waals surface area contributed by atoms with Crippen molar-refractivity contribution < 1.29 is 4.57 Å². The SMILES string of the molecule is CCCCn1c[n+](C2=CC=CC2)cn1. The van der Waals surface area contributed by atoms with E-state index in [-0.39, 0.29) is 0 Å². The zero-order valence-corrected chi connectivity index (χ0v) is 8.56. The third-order valence-electron chi connectivity index (χ3n) is 2.41. The Hall–Kier alpha value is -1.38. The van der Waals surface area contributed by atoms with Crippen LogP contribution in [-0.2, 0) is 6.54 Å². The summed E-state index contributed by atoms with van der Waals surface area (Å²) in [7, 11) is 0. The van der Waals surface area contributed by atoms with E-state index in [9.17, 15) is 0 Å². The van der Waals surface area contributed by atoms with Gasteiger partial charge in [-0.25, -0.2) is 4.57 Å². The maximum absolute atomic E-state index is 4.31. The van der Waals surface area contributed by atoms with Crippen LogP contribution in [0.5, 0.6) is 0 Å². The molecule has 74 valence electrons. The summed E-state index contributed by atoms with van der Waals surface area (Å²) in [4.78, 5) is 0. The van der Waals surface area contributed by atoms with Crippen molar-refractivity contribution in [1.82, 2.24) is 9.78 Å². The Morgan fingerprint density at radius 2 is 2.50 bits per heavy atom. The molecule has 1 heterocycles. The Labute approximate surface area is 84.4 Å². The van der Waals surface area contributed by atoms with Crippen LogP contribution in [0.2, 0.25) is 0 Å². The number of aryl methyl sites for hydroxylation is 1. The Morgan fingerprint density at radius 3 is 3.21 bits per heavy atom. The van der Waals surface area contributed by atoms with Crippen LogP contribution in [0, 0.1) is 0 Å². The van der Waals surface area contributed by atoms with Crippen molar-refractivity contribution in [2.45, 2.75) is 32.7 Å². The van der Waals surface area contributed by atoms with Gasteiger partial charge in [-0.3, -0.25) is 0 Å². The molecule has 1 aromatic heterocycles. The Bertz CT molecular complexity index is 360. The maximum atomic E-state index is 4.31. The number of hydrogen-bond acceptors (Lipinski definition) is 1. The standard InChI is InChI=1S/C11H16N3/c1-2-3-8-14-10-13(9-12-14)11-6-4-5-7-11/h4-6,9-10H,2-3,7-8H2,1H3/q+1. The molecule has 0 aromatic carbocycles. The quantitative estimate of drug-likeness (QED) is 0.663. The topological polar surface area (TPSA) is 21.7 Å². The minimum atomic E-state index is 1.02. The van der Waals surface area contributed by atoms with Crippen LogP contribution in [-0.4, -0.2) is 9.78 Å². The van der Waals surface area contributed by atoms with Gasteiger partial charge in [0.25, 0.3) is 6.33 Å². The summed E-state index contributed by atoms with van der Waals surface area (Å²) in [5.41, 5.74) is 1.30. The van der Waals surface area contributed by atoms with Crippen LogP contribution in [0.1, 0.15) is 26.2 Å². The minimum absolute atomic E-state index is 1.02. The predicted molar refractivity (Wildman–Crippen MR) is 55.4 cm³/mol. The van der Waals surface area contributed by atoms with E-state index in [4.69, 9.17) is 0 Å². The van der Waals surface area contributed by atoms with Crippen molar-refractivity contribution in [1.29, 1.82) is 0 Å². The van der Waals surface area contributed by atoms with Crippen molar-refractivity contribution >= 4 is 5.70 Å². The number of nitrogens with zero attached hydrogens (tertiary/aromatic N) is 3. The first-order chi connectivity index (χ1) is 6.90. The number of allylic oxidation sites excluding steroid dienone is 4. The van der Waals surface area contributed by atoms with Crippen LogP contribution in [0.4, 0.5) is 0 Å². The van der Waals surface area contributed by atoms with Crippen LogP contribution < -0.4 is 4.57 Å². The van der Waals surface area contributed by atoms with Gasteiger partial charge >= 0.3 is 0 Å². The number of hydrogen-bond donors (Lipinski definition) is 0. The molecule has 0 atom stereocenters. The fourth-order valence-electron chi connectivity index (χ4n) is 1.54. The zero-order chi connectivity index (χ0) is 9.80. The second kappa shape index (κ2) is 4.22. The molecule has 0 amide bonds. The molecular weight excluding hydrogens is 174 g/mol. The zero-order valence-electron chi connectivity index (χ0n) is 8.56. The smallest absolute Gasteiger partial charge is 0.207 e. The van der Waals surface area contributed by atoms with Gasteiger partial charge < -0.3 is 0 Å². The van der Waals surface area contributed by atoms with Crippen molar-refractivity contribution in [2.75, 3.05) is 0 Å². The molecule has 0 fully saturated rings. The summed E-state index contributed by atoms with van der Waals surface area (Å²) in [6, 6.07) is 0. The second-order valence-electron chi connectivity index (χ2n) is 3.56. The lowest BCUT2D eigenvalue weighted by atomic mass is 10.3. The largest absolute Gasteiger partial charge is 0.269 e. The van der Waals surface area contributed by atoms with Gasteiger partial charge in [0.05, 0.1) is 5.70 Å². The number of aromatic nitrogens is 3. The van der Waals surface area contributed by atoms with Crippen LogP contribution in [0.25, 0.3) is 5.70 Å². The molecule has 0 saturated carbocycles. The van der Waals surface area contributed by atoms with Gasteiger partial charge in [-0.15, -0.1) is 4.68 Å². The summed E-state index contributed by atoms with van der Waals surface area (Å²) in [6.07, 6.45) is 13.7. The molecule has 0 saturated heterocycles. The first-order valence-corrected chi connectivity index (χ1v) is 5.20. The van der Waals surface area contributed by atoms with E-state index in [0.29, 0.717) is 0 Å². The monoisotopic (exact) mass is 190 g/mol. The lowest BCUT2D eigenvalue weighted by Gasteiger charge is -1.93. The van der Waals surface area contributed by atoms with E-state index in [2.05, 4.69) is 41.1 Å². The van der Waals surface area contributed by atoms with E-state index in [1.165, 1.54) is 18.5 Å². The van der Waals surface area contributed by atoms with Crippen molar-refractivity contribution in [3.63, 3.8) is 0 Å². The average Bonchev–Trinajstić information content (AvgIpc) is 2.85. The molecule has 0 aliphatic heterocycles. The number of unbranched alkanes of at least 4 members (excludes halogenated alkanes) is 1. The van der Waals surface area contributed by atoms with Crippen LogP contribution in [0.3, 0.4) is 0 Å². The minimum Gasteiger partial charge on any atom is -0.207 e. The van der Waals surface area contributed by atoms with Crippen LogP contribution >= 0.6 is 0 Å². The molecule has 0 unspecified atom stereocenters. The third-order valence-corrected chi connectivity index (χ3v) is 2.41. The molecule has 0 bridgehead atoms. The predicted octanol–water partition coefficient (Wildman–Crippen LogP) is 1.77. The second-order valence-corrected chi connectivity index (χ2v) is 3.56. The molecule has 2 rings (SSSR count). The summed E-state index contributed by atoms with van der Waals surface area (Å²) in [5.74, 6) is 0. The van der Waals surface area contributed by atoms with Gasteiger partial charge in [0.15, 0.2) is 0 Å². The lowest BCUT2D eigenvalue weighted by molar-refractivity contribution is -0.583. The molecule has 3 heteroatoms. The van der Waals surface area contributed by atoms with E-state index < -0.39 is 0 Å².